The van der Waals surface area contributed by atoms with Crippen molar-refractivity contribution in [2.75, 3.05) is 0 Å². The van der Waals surface area contributed by atoms with Crippen LogP contribution in [0.1, 0.15) is 10.4 Å². The van der Waals surface area contributed by atoms with E-state index in [1.807, 2.05) is 22.6 Å². The van der Waals surface area contributed by atoms with Crippen molar-refractivity contribution in [1.29, 1.82) is 0 Å². The molecule has 1 N–H and O–H groups in total. The van der Waals surface area contributed by atoms with E-state index in [0.717, 1.165) is 0 Å². The van der Waals surface area contributed by atoms with Gasteiger partial charge in [0.05, 0.1) is 10.6 Å². The van der Waals surface area contributed by atoms with Crippen LogP contribution < -0.4 is 0 Å². The quantitative estimate of drug-likeness (QED) is 0.637. The zero-order valence-corrected chi connectivity index (χ0v) is 9.31. The molecule has 1 rings (SSSR count). The Labute approximate surface area is 92.6 Å². The molecule has 0 aliphatic rings. The summed E-state index contributed by atoms with van der Waals surface area (Å²) in [6.07, 6.45) is 0. The van der Waals surface area contributed by atoms with Crippen LogP contribution in [0.5, 0.6) is 0 Å². The molecule has 0 fully saturated rings. The van der Waals surface area contributed by atoms with Crippen LogP contribution in [0.4, 0.5) is 0 Å². The SMILES string of the molecule is O=C(O)c1cc(Cl)cc(I)c1Cl. The topological polar surface area (TPSA) is 37.3 Å². The summed E-state index contributed by atoms with van der Waals surface area (Å²) in [6, 6.07) is 2.94. The molecule has 12 heavy (non-hydrogen) atoms. The van der Waals surface area contributed by atoms with Gasteiger partial charge in [-0.2, -0.15) is 0 Å². The average molecular weight is 317 g/mol. The largest absolute Gasteiger partial charge is 0.478 e. The first-order valence-corrected chi connectivity index (χ1v) is 4.73. The number of carboxylic acids is 1. The molecule has 64 valence electrons. The molecule has 0 spiro atoms. The molecular formula is C7H3Cl2IO2. The van der Waals surface area contributed by atoms with Crippen molar-refractivity contribution in [1.82, 2.24) is 0 Å². The van der Waals surface area contributed by atoms with Gasteiger partial charge in [0.2, 0.25) is 0 Å². The zero-order valence-electron chi connectivity index (χ0n) is 5.64. The Balaban J connectivity index is 3.37. The predicted octanol–water partition coefficient (Wildman–Crippen LogP) is 3.30. The van der Waals surface area contributed by atoms with E-state index in [1.54, 1.807) is 6.07 Å². The monoisotopic (exact) mass is 316 g/mol. The number of rotatable bonds is 1. The minimum atomic E-state index is -1.07. The molecule has 0 amide bonds. The summed E-state index contributed by atoms with van der Waals surface area (Å²) in [7, 11) is 0. The number of carbonyl (C=O) groups is 1. The van der Waals surface area contributed by atoms with Crippen LogP contribution in [0.25, 0.3) is 0 Å². The van der Waals surface area contributed by atoms with Gasteiger partial charge in [-0.05, 0) is 34.7 Å². The predicted molar refractivity (Wildman–Crippen MR) is 56.1 cm³/mol. The molecule has 0 aromatic heterocycles. The number of carboxylic acid groups (broad SMARTS) is 1. The lowest BCUT2D eigenvalue weighted by Crippen LogP contribution is -1.98. The Morgan fingerprint density at radius 2 is 2.00 bits per heavy atom. The van der Waals surface area contributed by atoms with E-state index in [-0.39, 0.29) is 10.6 Å². The second-order valence-electron chi connectivity index (χ2n) is 2.05. The second kappa shape index (κ2) is 3.81. The molecule has 0 saturated carbocycles. The summed E-state index contributed by atoms with van der Waals surface area (Å²) < 4.78 is 0.638. The van der Waals surface area contributed by atoms with Gasteiger partial charge < -0.3 is 5.11 Å². The van der Waals surface area contributed by atoms with E-state index in [9.17, 15) is 4.79 Å². The van der Waals surface area contributed by atoms with Crippen LogP contribution in [0.15, 0.2) is 12.1 Å². The fraction of sp³-hybridized carbons (Fsp3) is 0. The summed E-state index contributed by atoms with van der Waals surface area (Å²) in [5.41, 5.74) is 0.0357. The van der Waals surface area contributed by atoms with E-state index < -0.39 is 5.97 Å². The Morgan fingerprint density at radius 1 is 1.42 bits per heavy atom. The van der Waals surface area contributed by atoms with Crippen LogP contribution >= 0.6 is 45.8 Å². The number of hydrogen-bond donors (Lipinski definition) is 1. The summed E-state index contributed by atoms with van der Waals surface area (Å²) in [5, 5.41) is 9.27. The molecule has 1 aromatic carbocycles. The van der Waals surface area contributed by atoms with E-state index in [0.29, 0.717) is 8.59 Å². The Hall–Kier alpha value is -0.000000000000000167. The fourth-order valence-corrected chi connectivity index (χ4v) is 1.93. The fourth-order valence-electron chi connectivity index (χ4n) is 0.712. The molecule has 1 aromatic rings. The Morgan fingerprint density at radius 3 is 2.50 bits per heavy atom. The molecule has 0 aliphatic heterocycles. The van der Waals surface area contributed by atoms with Gasteiger partial charge in [-0.3, -0.25) is 0 Å². The summed E-state index contributed by atoms with van der Waals surface area (Å²) in [4.78, 5) is 10.6. The average Bonchev–Trinajstić information content (AvgIpc) is 1.96. The first kappa shape index (κ1) is 10.1. The van der Waals surface area contributed by atoms with E-state index in [1.165, 1.54) is 6.07 Å². The lowest BCUT2D eigenvalue weighted by molar-refractivity contribution is 0.0697. The molecule has 0 aliphatic carbocycles. The summed E-state index contributed by atoms with van der Waals surface area (Å²) in [6.45, 7) is 0. The molecule has 0 atom stereocenters. The third-order valence-corrected chi connectivity index (χ3v) is 3.02. The van der Waals surface area contributed by atoms with Crippen molar-refractivity contribution in [2.45, 2.75) is 0 Å². The minimum Gasteiger partial charge on any atom is -0.478 e. The van der Waals surface area contributed by atoms with Gasteiger partial charge in [-0.1, -0.05) is 23.2 Å². The standard InChI is InChI=1S/C7H3Cl2IO2/c8-3-1-4(7(11)12)6(9)5(10)2-3/h1-2H,(H,11,12). The molecule has 0 heterocycles. The van der Waals surface area contributed by atoms with Crippen LogP contribution in [0.3, 0.4) is 0 Å². The number of aromatic carboxylic acids is 1. The van der Waals surface area contributed by atoms with Gasteiger partial charge >= 0.3 is 5.97 Å². The molecule has 0 unspecified atom stereocenters. The summed E-state index contributed by atoms with van der Waals surface area (Å²) >= 11 is 13.3. The number of hydrogen-bond acceptors (Lipinski definition) is 1. The maximum atomic E-state index is 10.6. The first-order valence-electron chi connectivity index (χ1n) is 2.90. The van der Waals surface area contributed by atoms with E-state index in [4.69, 9.17) is 28.3 Å². The van der Waals surface area contributed by atoms with Crippen molar-refractivity contribution in [3.05, 3.63) is 31.3 Å². The zero-order chi connectivity index (χ0) is 9.30. The van der Waals surface area contributed by atoms with Gasteiger partial charge in [-0.25, -0.2) is 4.79 Å². The third-order valence-electron chi connectivity index (χ3n) is 1.22. The van der Waals surface area contributed by atoms with Gasteiger partial charge in [-0.15, -0.1) is 0 Å². The van der Waals surface area contributed by atoms with Crippen molar-refractivity contribution in [3.63, 3.8) is 0 Å². The van der Waals surface area contributed by atoms with Crippen molar-refractivity contribution in [3.8, 4) is 0 Å². The van der Waals surface area contributed by atoms with Crippen molar-refractivity contribution >= 4 is 51.8 Å². The second-order valence-corrected chi connectivity index (χ2v) is 4.03. The van der Waals surface area contributed by atoms with Crippen LogP contribution in [-0.4, -0.2) is 11.1 Å². The number of benzene rings is 1. The lowest BCUT2D eigenvalue weighted by atomic mass is 10.2. The molecule has 0 saturated heterocycles. The van der Waals surface area contributed by atoms with Gasteiger partial charge in [0.1, 0.15) is 0 Å². The lowest BCUT2D eigenvalue weighted by Gasteiger charge is -2.01. The Bertz CT molecular complexity index is 338. The normalized spacial score (nSPS) is 9.92. The van der Waals surface area contributed by atoms with Gasteiger partial charge in [0, 0.05) is 8.59 Å². The van der Waals surface area contributed by atoms with Crippen LogP contribution in [0.2, 0.25) is 10.0 Å². The Kier molecular flexibility index (Phi) is 3.20. The number of halogens is 3. The molecule has 0 bridgehead atoms. The molecular weight excluding hydrogens is 314 g/mol. The summed E-state index contributed by atoms with van der Waals surface area (Å²) in [5.74, 6) is -1.07. The maximum absolute atomic E-state index is 10.6. The molecule has 5 heteroatoms. The molecule has 0 radical (unpaired) electrons. The first-order chi connectivity index (χ1) is 5.52. The van der Waals surface area contributed by atoms with Gasteiger partial charge in [0.15, 0.2) is 0 Å². The van der Waals surface area contributed by atoms with Gasteiger partial charge in [0.25, 0.3) is 0 Å². The van der Waals surface area contributed by atoms with Crippen LogP contribution in [-0.2, 0) is 0 Å². The highest BCUT2D eigenvalue weighted by molar-refractivity contribution is 14.1. The van der Waals surface area contributed by atoms with Crippen molar-refractivity contribution < 1.29 is 9.90 Å². The highest BCUT2D eigenvalue weighted by Crippen LogP contribution is 2.26. The highest BCUT2D eigenvalue weighted by Gasteiger charge is 2.12. The molecule has 2 nitrogen and oxygen atoms in total. The van der Waals surface area contributed by atoms with E-state index in [2.05, 4.69) is 0 Å². The maximum Gasteiger partial charge on any atom is 0.337 e. The third kappa shape index (κ3) is 2.02. The van der Waals surface area contributed by atoms with Crippen molar-refractivity contribution in [2.24, 2.45) is 0 Å². The highest BCUT2D eigenvalue weighted by atomic mass is 127. The minimum absolute atomic E-state index is 0.0357. The van der Waals surface area contributed by atoms with E-state index >= 15 is 0 Å². The van der Waals surface area contributed by atoms with Crippen LogP contribution in [0, 0.1) is 3.57 Å². The smallest absolute Gasteiger partial charge is 0.337 e.